The molecule has 0 aromatic heterocycles. The number of rotatable bonds is 8. The maximum Gasteiger partial charge on any atom is 0.240 e. The zero-order chi connectivity index (χ0) is 19.2. The molecule has 0 saturated heterocycles. The smallest absolute Gasteiger partial charge is 0.240 e. The van der Waals surface area contributed by atoms with Gasteiger partial charge in [-0.2, -0.15) is 0 Å². The molecule has 140 valence electrons. The van der Waals surface area contributed by atoms with Crippen molar-refractivity contribution in [3.63, 3.8) is 0 Å². The highest BCUT2D eigenvalue weighted by Crippen LogP contribution is 2.15. The van der Waals surface area contributed by atoms with E-state index in [9.17, 15) is 17.6 Å². The highest BCUT2D eigenvalue weighted by atomic mass is 32.2. The van der Waals surface area contributed by atoms with Crippen LogP contribution in [0.2, 0.25) is 0 Å². The van der Waals surface area contributed by atoms with Crippen LogP contribution >= 0.6 is 0 Å². The number of amides is 1. The van der Waals surface area contributed by atoms with Gasteiger partial charge in [0.2, 0.25) is 15.9 Å². The van der Waals surface area contributed by atoms with E-state index in [1.807, 2.05) is 0 Å². The Bertz CT molecular complexity index is 836. The van der Waals surface area contributed by atoms with Crippen LogP contribution in [-0.4, -0.2) is 34.1 Å². The van der Waals surface area contributed by atoms with E-state index in [1.54, 1.807) is 6.92 Å². The van der Waals surface area contributed by atoms with Crippen molar-refractivity contribution in [3.8, 4) is 0 Å². The minimum Gasteiger partial charge on any atom is -0.383 e. The zero-order valence-electron chi connectivity index (χ0n) is 14.5. The molecule has 2 rings (SSSR count). The van der Waals surface area contributed by atoms with Gasteiger partial charge in [-0.05, 0) is 48.9 Å². The summed E-state index contributed by atoms with van der Waals surface area (Å²) in [4.78, 5) is 12.1. The van der Waals surface area contributed by atoms with Gasteiger partial charge in [-0.25, -0.2) is 17.5 Å². The summed E-state index contributed by atoms with van der Waals surface area (Å²) < 4.78 is 44.7. The highest BCUT2D eigenvalue weighted by molar-refractivity contribution is 7.89. The number of halogens is 1. The van der Waals surface area contributed by atoms with E-state index in [0.717, 1.165) is 0 Å². The summed E-state index contributed by atoms with van der Waals surface area (Å²) in [7, 11) is -2.16. The van der Waals surface area contributed by atoms with E-state index in [-0.39, 0.29) is 35.7 Å². The van der Waals surface area contributed by atoms with Crippen LogP contribution < -0.4 is 10.0 Å². The molecule has 0 fully saturated rings. The van der Waals surface area contributed by atoms with Crippen LogP contribution in [0.1, 0.15) is 12.5 Å². The van der Waals surface area contributed by atoms with Gasteiger partial charge in [0.05, 0.1) is 17.9 Å². The number of nitrogens with one attached hydrogen (secondary N) is 2. The van der Waals surface area contributed by atoms with E-state index < -0.39 is 10.0 Å². The second-order valence-corrected chi connectivity index (χ2v) is 7.57. The molecular weight excluding hydrogens is 359 g/mol. The van der Waals surface area contributed by atoms with Crippen LogP contribution in [0.15, 0.2) is 53.4 Å². The first kappa shape index (κ1) is 20.0. The molecule has 2 aromatic carbocycles. The third kappa shape index (κ3) is 5.91. The minimum atomic E-state index is -3.66. The largest absolute Gasteiger partial charge is 0.383 e. The Morgan fingerprint density at radius 2 is 1.73 bits per heavy atom. The monoisotopic (exact) mass is 380 g/mol. The molecule has 1 unspecified atom stereocenters. The molecular formula is C18H21FN2O4S. The second-order valence-electron chi connectivity index (χ2n) is 5.85. The fourth-order valence-corrected chi connectivity index (χ4v) is 3.56. The molecule has 2 aromatic rings. The van der Waals surface area contributed by atoms with Crippen LogP contribution in [0.3, 0.4) is 0 Å². The van der Waals surface area contributed by atoms with Crippen molar-refractivity contribution in [2.45, 2.75) is 24.3 Å². The van der Waals surface area contributed by atoms with Crippen molar-refractivity contribution < 1.29 is 22.3 Å². The number of ether oxygens (including phenoxy) is 1. The fourth-order valence-electron chi connectivity index (χ4n) is 2.33. The van der Waals surface area contributed by atoms with Gasteiger partial charge in [0.25, 0.3) is 0 Å². The molecule has 2 N–H and O–H groups in total. The molecule has 0 saturated carbocycles. The van der Waals surface area contributed by atoms with Crippen molar-refractivity contribution in [3.05, 3.63) is 59.9 Å². The summed E-state index contributed by atoms with van der Waals surface area (Å²) in [5.74, 6) is -0.640. The van der Waals surface area contributed by atoms with Crippen LogP contribution in [0.5, 0.6) is 0 Å². The molecule has 0 aliphatic heterocycles. The summed E-state index contributed by atoms with van der Waals surface area (Å²) in [6, 6.07) is 11.1. The molecule has 26 heavy (non-hydrogen) atoms. The average Bonchev–Trinajstić information content (AvgIpc) is 2.57. The lowest BCUT2D eigenvalue weighted by atomic mass is 10.1. The van der Waals surface area contributed by atoms with Gasteiger partial charge in [0.1, 0.15) is 5.82 Å². The standard InChI is InChI=1S/C18H21FN2O4S/c1-13(12-25-2)21-26(23,24)17-9-7-16(8-10-17)20-18(22)11-14-3-5-15(19)6-4-14/h3-10,13,21H,11-12H2,1-2H3,(H,20,22). The van der Waals surface area contributed by atoms with Gasteiger partial charge in [-0.1, -0.05) is 12.1 Å². The summed E-state index contributed by atoms with van der Waals surface area (Å²) in [5, 5.41) is 2.68. The number of hydrogen-bond donors (Lipinski definition) is 2. The van der Waals surface area contributed by atoms with Crippen molar-refractivity contribution >= 4 is 21.6 Å². The Kier molecular flexibility index (Phi) is 6.84. The van der Waals surface area contributed by atoms with E-state index in [4.69, 9.17) is 4.74 Å². The molecule has 0 heterocycles. The molecule has 1 atom stereocenters. The lowest BCUT2D eigenvalue weighted by Crippen LogP contribution is -2.35. The second kappa shape index (κ2) is 8.88. The summed E-state index contributed by atoms with van der Waals surface area (Å²) in [6.45, 7) is 1.96. The Labute approximate surface area is 152 Å². The number of hydrogen-bond acceptors (Lipinski definition) is 4. The first-order chi connectivity index (χ1) is 12.3. The third-order valence-electron chi connectivity index (χ3n) is 3.50. The number of benzene rings is 2. The first-order valence-corrected chi connectivity index (χ1v) is 9.44. The Balaban J connectivity index is 1.98. The van der Waals surface area contributed by atoms with Gasteiger partial charge < -0.3 is 10.1 Å². The van der Waals surface area contributed by atoms with Crippen molar-refractivity contribution in [2.24, 2.45) is 0 Å². The number of sulfonamides is 1. The molecule has 0 aliphatic carbocycles. The fraction of sp³-hybridized carbons (Fsp3) is 0.278. The first-order valence-electron chi connectivity index (χ1n) is 7.96. The maximum atomic E-state index is 12.9. The quantitative estimate of drug-likeness (QED) is 0.736. The van der Waals surface area contributed by atoms with Crippen LogP contribution in [0, 0.1) is 5.82 Å². The predicted molar refractivity (Wildman–Crippen MR) is 96.8 cm³/mol. The number of carbonyl (C=O) groups is 1. The minimum absolute atomic E-state index is 0.0937. The van der Waals surface area contributed by atoms with E-state index in [1.165, 1.54) is 55.6 Å². The molecule has 1 amide bonds. The van der Waals surface area contributed by atoms with Gasteiger partial charge in [0, 0.05) is 18.8 Å². The highest BCUT2D eigenvalue weighted by Gasteiger charge is 2.17. The van der Waals surface area contributed by atoms with Gasteiger partial charge in [0.15, 0.2) is 0 Å². The van der Waals surface area contributed by atoms with E-state index >= 15 is 0 Å². The summed E-state index contributed by atoms with van der Waals surface area (Å²) in [6.07, 6.45) is 0.0937. The maximum absolute atomic E-state index is 12.9. The molecule has 6 nitrogen and oxygen atoms in total. The van der Waals surface area contributed by atoms with Crippen LogP contribution in [0.4, 0.5) is 10.1 Å². The third-order valence-corrected chi connectivity index (χ3v) is 5.10. The number of methoxy groups -OCH3 is 1. The van der Waals surface area contributed by atoms with Crippen LogP contribution in [0.25, 0.3) is 0 Å². The van der Waals surface area contributed by atoms with Gasteiger partial charge in [-0.3, -0.25) is 4.79 Å². The lowest BCUT2D eigenvalue weighted by Gasteiger charge is -2.13. The Morgan fingerprint density at radius 3 is 2.31 bits per heavy atom. The summed E-state index contributed by atoms with van der Waals surface area (Å²) in [5.41, 5.74) is 1.15. The van der Waals surface area contributed by atoms with Crippen molar-refractivity contribution in [1.29, 1.82) is 0 Å². The average molecular weight is 380 g/mol. The van der Waals surface area contributed by atoms with E-state index in [0.29, 0.717) is 11.3 Å². The van der Waals surface area contributed by atoms with Crippen molar-refractivity contribution in [1.82, 2.24) is 4.72 Å². The molecule has 0 bridgehead atoms. The predicted octanol–water partition coefficient (Wildman–Crippen LogP) is 2.32. The van der Waals surface area contributed by atoms with E-state index in [2.05, 4.69) is 10.0 Å². The molecule has 0 radical (unpaired) electrons. The molecule has 0 spiro atoms. The lowest BCUT2D eigenvalue weighted by molar-refractivity contribution is -0.115. The van der Waals surface area contributed by atoms with Gasteiger partial charge >= 0.3 is 0 Å². The Hall–Kier alpha value is -2.29. The SMILES string of the molecule is COCC(C)NS(=O)(=O)c1ccc(NC(=O)Cc2ccc(F)cc2)cc1. The molecule has 8 heteroatoms. The molecule has 0 aliphatic rings. The Morgan fingerprint density at radius 1 is 1.12 bits per heavy atom. The number of carbonyl (C=O) groups excluding carboxylic acids is 1. The topological polar surface area (TPSA) is 84.5 Å². The van der Waals surface area contributed by atoms with Crippen molar-refractivity contribution in [2.75, 3.05) is 19.0 Å². The zero-order valence-corrected chi connectivity index (χ0v) is 15.3. The number of anilines is 1. The summed E-state index contributed by atoms with van der Waals surface area (Å²) >= 11 is 0. The normalized spacial score (nSPS) is 12.6. The van der Waals surface area contributed by atoms with Crippen LogP contribution in [-0.2, 0) is 26.0 Å². The van der Waals surface area contributed by atoms with Gasteiger partial charge in [-0.15, -0.1) is 0 Å².